The molecule has 1 saturated heterocycles. The summed E-state index contributed by atoms with van der Waals surface area (Å²) in [6.45, 7) is -0.0775. The highest BCUT2D eigenvalue weighted by atomic mass is 19.4. The van der Waals surface area contributed by atoms with Crippen molar-refractivity contribution >= 4 is 17.5 Å². The first-order valence-electron chi connectivity index (χ1n) is 8.93. The summed E-state index contributed by atoms with van der Waals surface area (Å²) in [7, 11) is 0. The van der Waals surface area contributed by atoms with Crippen molar-refractivity contribution in [1.82, 2.24) is 24.9 Å². The molecule has 30 heavy (non-hydrogen) atoms. The molecule has 0 bridgehead atoms. The van der Waals surface area contributed by atoms with Gasteiger partial charge in [0, 0.05) is 25.0 Å². The fourth-order valence-corrected chi connectivity index (χ4v) is 3.07. The van der Waals surface area contributed by atoms with Crippen molar-refractivity contribution in [2.75, 3.05) is 24.5 Å². The van der Waals surface area contributed by atoms with Crippen LogP contribution in [-0.2, 0) is 11.0 Å². The van der Waals surface area contributed by atoms with Crippen molar-refractivity contribution in [1.29, 1.82) is 0 Å². The molecule has 0 radical (unpaired) electrons. The quantitative estimate of drug-likeness (QED) is 0.654. The summed E-state index contributed by atoms with van der Waals surface area (Å²) in [5.41, 5.74) is -0.243. The van der Waals surface area contributed by atoms with Crippen molar-refractivity contribution in [3.8, 4) is 5.69 Å². The number of para-hydroxylation sites is 1. The van der Waals surface area contributed by atoms with Crippen LogP contribution < -0.4 is 4.90 Å². The summed E-state index contributed by atoms with van der Waals surface area (Å²) in [6, 6.07) is 11.2. The number of carbonyl (C=O) groups excluding carboxylic acids is 2. The van der Waals surface area contributed by atoms with E-state index in [9.17, 15) is 22.8 Å². The van der Waals surface area contributed by atoms with Crippen LogP contribution in [0.1, 0.15) is 16.2 Å². The van der Waals surface area contributed by atoms with Crippen LogP contribution in [0.25, 0.3) is 5.69 Å². The topological polar surface area (TPSA) is 84.2 Å². The van der Waals surface area contributed by atoms with Crippen LogP contribution in [0.5, 0.6) is 0 Å². The van der Waals surface area contributed by atoms with Crippen LogP contribution in [0.3, 0.4) is 0 Å². The molecule has 0 unspecified atom stereocenters. The maximum absolute atomic E-state index is 12.9. The molecule has 8 nitrogen and oxygen atoms in total. The molecule has 0 aliphatic carbocycles. The van der Waals surface area contributed by atoms with Gasteiger partial charge in [0.2, 0.25) is 5.91 Å². The molecule has 0 N–H and O–H groups in total. The molecule has 1 fully saturated rings. The second-order valence-corrected chi connectivity index (χ2v) is 6.52. The van der Waals surface area contributed by atoms with Gasteiger partial charge in [-0.15, -0.1) is 5.10 Å². The first-order valence-corrected chi connectivity index (χ1v) is 8.93. The third-order valence-electron chi connectivity index (χ3n) is 4.55. The average molecular weight is 416 g/mol. The molecule has 3 aromatic rings. The average Bonchev–Trinajstić information content (AvgIpc) is 3.23. The Balaban J connectivity index is 1.47. The molecule has 2 aromatic heterocycles. The second kappa shape index (κ2) is 7.58. The van der Waals surface area contributed by atoms with Crippen molar-refractivity contribution in [3.05, 3.63) is 66.2 Å². The normalized spacial score (nSPS) is 14.8. The van der Waals surface area contributed by atoms with Gasteiger partial charge >= 0.3 is 6.18 Å². The number of pyridine rings is 1. The molecule has 11 heteroatoms. The number of piperazine rings is 1. The molecule has 154 valence electrons. The maximum atomic E-state index is 12.9. The predicted octanol–water partition coefficient (Wildman–Crippen LogP) is 2.17. The van der Waals surface area contributed by atoms with E-state index in [0.29, 0.717) is 5.69 Å². The number of anilines is 1. The number of halogens is 3. The molecule has 0 saturated carbocycles. The zero-order valence-corrected chi connectivity index (χ0v) is 15.5. The summed E-state index contributed by atoms with van der Waals surface area (Å²) in [6.07, 6.45) is -2.29. The van der Waals surface area contributed by atoms with Gasteiger partial charge in [-0.1, -0.05) is 18.2 Å². The molecular formula is C19H15F3N6O2. The highest BCUT2D eigenvalue weighted by Crippen LogP contribution is 2.30. The number of aromatic nitrogens is 4. The van der Waals surface area contributed by atoms with E-state index in [-0.39, 0.29) is 31.0 Å². The molecule has 0 spiro atoms. The van der Waals surface area contributed by atoms with E-state index in [0.717, 1.165) is 12.3 Å². The summed E-state index contributed by atoms with van der Waals surface area (Å²) < 4.78 is 38.6. The van der Waals surface area contributed by atoms with Crippen LogP contribution in [0.2, 0.25) is 0 Å². The Morgan fingerprint density at radius 2 is 1.80 bits per heavy atom. The van der Waals surface area contributed by atoms with E-state index < -0.39 is 23.7 Å². The van der Waals surface area contributed by atoms with Gasteiger partial charge < -0.3 is 9.80 Å². The lowest BCUT2D eigenvalue weighted by molar-refractivity contribution is -0.141. The molecular weight excluding hydrogens is 401 g/mol. The van der Waals surface area contributed by atoms with Gasteiger partial charge in [-0.05, 0) is 24.3 Å². The van der Waals surface area contributed by atoms with Crippen LogP contribution in [0.4, 0.5) is 18.9 Å². The van der Waals surface area contributed by atoms with Gasteiger partial charge in [0.25, 0.3) is 5.91 Å². The van der Waals surface area contributed by atoms with E-state index >= 15 is 0 Å². The number of alkyl halides is 3. The van der Waals surface area contributed by atoms with Crippen LogP contribution >= 0.6 is 0 Å². The SMILES string of the molecule is O=C(c1cnn(-c2ccccc2)n1)N1CCN(c2ccnc(C(F)(F)F)c2)C(=O)C1. The van der Waals surface area contributed by atoms with Gasteiger partial charge in [0.1, 0.15) is 12.2 Å². The molecule has 4 rings (SSSR count). The Morgan fingerprint density at radius 1 is 1.03 bits per heavy atom. The monoisotopic (exact) mass is 416 g/mol. The third kappa shape index (κ3) is 3.86. The Bertz CT molecular complexity index is 1080. The fraction of sp³-hybridized carbons (Fsp3) is 0.211. The molecule has 1 aliphatic heterocycles. The van der Waals surface area contributed by atoms with Crippen molar-refractivity contribution in [2.45, 2.75) is 6.18 Å². The third-order valence-corrected chi connectivity index (χ3v) is 4.55. The first-order chi connectivity index (χ1) is 14.3. The number of amides is 2. The second-order valence-electron chi connectivity index (χ2n) is 6.52. The minimum absolute atomic E-state index is 0.0543. The lowest BCUT2D eigenvalue weighted by Crippen LogP contribution is -2.52. The van der Waals surface area contributed by atoms with Crippen molar-refractivity contribution in [3.63, 3.8) is 0 Å². The maximum Gasteiger partial charge on any atom is 0.433 e. The lowest BCUT2D eigenvalue weighted by atomic mass is 10.2. The van der Waals surface area contributed by atoms with Gasteiger partial charge in [-0.3, -0.25) is 14.6 Å². The molecule has 1 aromatic carbocycles. The molecule has 3 heterocycles. The molecule has 1 aliphatic rings. The van der Waals surface area contributed by atoms with Crippen LogP contribution in [0, 0.1) is 0 Å². The highest BCUT2D eigenvalue weighted by molar-refractivity contribution is 6.00. The van der Waals surface area contributed by atoms with Gasteiger partial charge in [-0.25, -0.2) is 0 Å². The molecule has 2 amide bonds. The fourth-order valence-electron chi connectivity index (χ4n) is 3.07. The summed E-state index contributed by atoms with van der Waals surface area (Å²) in [5.74, 6) is -0.972. The van der Waals surface area contributed by atoms with Gasteiger partial charge in [-0.2, -0.15) is 23.1 Å². The smallest absolute Gasteiger partial charge is 0.326 e. The standard InChI is InChI=1S/C19H15F3N6O2/c20-19(21,22)16-10-14(6-7-23-16)27-9-8-26(12-17(27)29)18(30)15-11-24-28(25-15)13-4-2-1-3-5-13/h1-7,10-11H,8-9,12H2. The summed E-state index contributed by atoms with van der Waals surface area (Å²) >= 11 is 0. The number of benzene rings is 1. The minimum Gasteiger partial charge on any atom is -0.326 e. The number of hydrogen-bond acceptors (Lipinski definition) is 5. The van der Waals surface area contributed by atoms with E-state index in [1.54, 1.807) is 24.3 Å². The number of rotatable bonds is 3. The number of carbonyl (C=O) groups is 2. The van der Waals surface area contributed by atoms with E-state index in [4.69, 9.17) is 0 Å². The predicted molar refractivity (Wildman–Crippen MR) is 98.9 cm³/mol. The van der Waals surface area contributed by atoms with Crippen molar-refractivity contribution < 1.29 is 22.8 Å². The first kappa shape index (κ1) is 19.6. The van der Waals surface area contributed by atoms with Crippen LogP contribution in [-0.4, -0.2) is 56.3 Å². The zero-order valence-electron chi connectivity index (χ0n) is 15.5. The minimum atomic E-state index is -4.61. The van der Waals surface area contributed by atoms with Crippen molar-refractivity contribution in [2.24, 2.45) is 0 Å². The largest absolute Gasteiger partial charge is 0.433 e. The lowest BCUT2D eigenvalue weighted by Gasteiger charge is -2.34. The van der Waals surface area contributed by atoms with E-state index in [2.05, 4.69) is 15.2 Å². The van der Waals surface area contributed by atoms with Crippen LogP contribution in [0.15, 0.2) is 54.9 Å². The highest BCUT2D eigenvalue weighted by Gasteiger charge is 2.34. The number of nitrogens with zero attached hydrogens (tertiary/aromatic N) is 6. The summed E-state index contributed by atoms with van der Waals surface area (Å²) in [4.78, 5) is 32.3. The van der Waals surface area contributed by atoms with E-state index in [1.165, 1.54) is 26.9 Å². The Kier molecular flexibility index (Phi) is 4.94. The van der Waals surface area contributed by atoms with Gasteiger partial charge in [0.05, 0.1) is 11.9 Å². The Labute approximate surface area is 168 Å². The Hall–Kier alpha value is -3.76. The summed E-state index contributed by atoms with van der Waals surface area (Å²) in [5, 5.41) is 8.22. The van der Waals surface area contributed by atoms with E-state index in [1.807, 2.05) is 6.07 Å². The number of hydrogen-bond donors (Lipinski definition) is 0. The zero-order chi connectivity index (χ0) is 21.3. The molecule has 0 atom stereocenters. The van der Waals surface area contributed by atoms with Gasteiger partial charge in [0.15, 0.2) is 5.69 Å². The Morgan fingerprint density at radius 3 is 2.50 bits per heavy atom.